The Bertz CT molecular complexity index is 446. The molecule has 0 aliphatic rings. The Morgan fingerprint density at radius 2 is 2.00 bits per heavy atom. The highest BCUT2D eigenvalue weighted by atomic mass is 19.1. The largest absolute Gasteiger partial charge is 0.365 e. The minimum Gasteiger partial charge on any atom is -0.365 e. The third-order valence-electron chi connectivity index (χ3n) is 3.17. The van der Waals surface area contributed by atoms with E-state index in [1.54, 1.807) is 12.1 Å². The summed E-state index contributed by atoms with van der Waals surface area (Å²) in [7, 11) is 4.00. The van der Waals surface area contributed by atoms with Gasteiger partial charge in [-0.15, -0.1) is 0 Å². The number of anilines is 1. The van der Waals surface area contributed by atoms with Crippen LogP contribution in [0.25, 0.3) is 0 Å². The van der Waals surface area contributed by atoms with Gasteiger partial charge in [0, 0.05) is 24.7 Å². The van der Waals surface area contributed by atoms with E-state index in [1.807, 2.05) is 25.9 Å². The number of hydrogen-bond donors (Lipinski definition) is 0. The number of Topliss-reactive ketones (excluding diaryl/α,β-unsaturated/α-hetero) is 1. The van der Waals surface area contributed by atoms with Crippen LogP contribution in [0.4, 0.5) is 10.1 Å². The number of ketones is 1. The Kier molecular flexibility index (Phi) is 5.48. The van der Waals surface area contributed by atoms with Crippen LogP contribution < -0.4 is 4.90 Å². The molecule has 1 atom stereocenters. The van der Waals surface area contributed by atoms with Gasteiger partial charge in [-0.05, 0) is 53.1 Å². The van der Waals surface area contributed by atoms with Crippen LogP contribution in [0.5, 0.6) is 0 Å². The summed E-state index contributed by atoms with van der Waals surface area (Å²) < 4.78 is 14.1. The molecule has 0 aliphatic carbocycles. The second-order valence-corrected chi connectivity index (χ2v) is 5.12. The third kappa shape index (κ3) is 4.03. The zero-order valence-electron chi connectivity index (χ0n) is 12.4. The molecule has 0 bridgehead atoms. The molecule has 106 valence electrons. The third-order valence-corrected chi connectivity index (χ3v) is 3.17. The number of rotatable bonds is 6. The molecule has 0 aliphatic heterocycles. The Morgan fingerprint density at radius 3 is 2.42 bits per heavy atom. The molecule has 4 heteroatoms. The summed E-state index contributed by atoms with van der Waals surface area (Å²) in [6, 6.07) is 4.91. The first-order valence-electron chi connectivity index (χ1n) is 6.58. The normalized spacial score (nSPS) is 12.6. The van der Waals surface area contributed by atoms with Crippen molar-refractivity contribution in [3.63, 3.8) is 0 Å². The Labute approximate surface area is 115 Å². The van der Waals surface area contributed by atoms with Crippen molar-refractivity contribution < 1.29 is 9.18 Å². The van der Waals surface area contributed by atoms with Gasteiger partial charge in [-0.3, -0.25) is 4.79 Å². The quantitative estimate of drug-likeness (QED) is 0.740. The number of benzene rings is 1. The van der Waals surface area contributed by atoms with E-state index >= 15 is 0 Å². The van der Waals surface area contributed by atoms with E-state index in [-0.39, 0.29) is 17.6 Å². The lowest BCUT2D eigenvalue weighted by molar-refractivity contribution is 0.101. The molecule has 0 N–H and O–H groups in total. The first-order chi connectivity index (χ1) is 8.86. The molecule has 19 heavy (non-hydrogen) atoms. The average molecular weight is 266 g/mol. The Hall–Kier alpha value is -1.42. The molecule has 0 spiro atoms. The summed E-state index contributed by atoms with van der Waals surface area (Å²) in [5.41, 5.74) is 0.972. The van der Waals surface area contributed by atoms with E-state index < -0.39 is 0 Å². The minimum absolute atomic E-state index is 0.116. The Balaban J connectivity index is 3.02. The van der Waals surface area contributed by atoms with Crippen molar-refractivity contribution in [3.05, 3.63) is 29.6 Å². The average Bonchev–Trinajstić information content (AvgIpc) is 2.30. The van der Waals surface area contributed by atoms with Gasteiger partial charge in [0.15, 0.2) is 5.78 Å². The van der Waals surface area contributed by atoms with E-state index in [4.69, 9.17) is 0 Å². The predicted octanol–water partition coefficient (Wildman–Crippen LogP) is 2.80. The van der Waals surface area contributed by atoms with E-state index in [9.17, 15) is 9.18 Å². The lowest BCUT2D eigenvalue weighted by Crippen LogP contribution is -2.40. The predicted molar refractivity (Wildman–Crippen MR) is 77.4 cm³/mol. The maximum Gasteiger partial charge on any atom is 0.159 e. The van der Waals surface area contributed by atoms with Gasteiger partial charge in [0.2, 0.25) is 0 Å². The molecule has 0 saturated heterocycles. The van der Waals surface area contributed by atoms with Crippen molar-refractivity contribution in [2.24, 2.45) is 0 Å². The van der Waals surface area contributed by atoms with Crippen molar-refractivity contribution >= 4 is 11.5 Å². The molecular weight excluding hydrogens is 243 g/mol. The first kappa shape index (κ1) is 15.6. The second-order valence-electron chi connectivity index (χ2n) is 5.12. The molecule has 1 aromatic rings. The van der Waals surface area contributed by atoms with Crippen LogP contribution in [0.1, 0.15) is 31.1 Å². The van der Waals surface area contributed by atoms with Crippen LogP contribution >= 0.6 is 0 Å². The second kappa shape index (κ2) is 6.66. The van der Waals surface area contributed by atoms with Crippen LogP contribution in [0.3, 0.4) is 0 Å². The molecule has 0 saturated carbocycles. The molecule has 1 unspecified atom stereocenters. The van der Waals surface area contributed by atoms with E-state index in [0.29, 0.717) is 11.3 Å². The van der Waals surface area contributed by atoms with Crippen LogP contribution in [0.2, 0.25) is 0 Å². The standard InChI is InChI=1S/C15H23FN2O/c1-6-18(11(2)10-17(4)5)15-8-7-13(12(3)19)9-14(15)16/h7-9,11H,6,10H2,1-5H3. The van der Waals surface area contributed by atoms with Crippen molar-refractivity contribution in [1.82, 2.24) is 4.90 Å². The number of carbonyl (C=O) groups excluding carboxylic acids is 1. The summed E-state index contributed by atoms with van der Waals surface area (Å²) in [5.74, 6) is -0.449. The van der Waals surface area contributed by atoms with E-state index in [2.05, 4.69) is 11.8 Å². The summed E-state index contributed by atoms with van der Waals surface area (Å²) >= 11 is 0. The van der Waals surface area contributed by atoms with Crippen LogP contribution in [-0.2, 0) is 0 Å². The molecular formula is C15H23FN2O. The van der Waals surface area contributed by atoms with Crippen LogP contribution in [0, 0.1) is 5.82 Å². The highest BCUT2D eigenvalue weighted by Crippen LogP contribution is 2.23. The van der Waals surface area contributed by atoms with Crippen molar-refractivity contribution in [1.29, 1.82) is 0 Å². The molecule has 0 aromatic heterocycles. The summed E-state index contributed by atoms with van der Waals surface area (Å²) in [5, 5.41) is 0. The molecule has 0 amide bonds. The zero-order chi connectivity index (χ0) is 14.6. The minimum atomic E-state index is -0.333. The van der Waals surface area contributed by atoms with Gasteiger partial charge in [-0.2, -0.15) is 0 Å². The fraction of sp³-hybridized carbons (Fsp3) is 0.533. The summed E-state index contributed by atoms with van der Waals surface area (Å²) in [4.78, 5) is 15.3. The lowest BCUT2D eigenvalue weighted by atomic mass is 10.1. The SMILES string of the molecule is CCN(c1ccc(C(C)=O)cc1F)C(C)CN(C)C. The first-order valence-corrected chi connectivity index (χ1v) is 6.58. The topological polar surface area (TPSA) is 23.6 Å². The van der Waals surface area contributed by atoms with Gasteiger partial charge in [0.05, 0.1) is 5.69 Å². The monoisotopic (exact) mass is 266 g/mol. The number of halogens is 1. The van der Waals surface area contributed by atoms with E-state index in [1.165, 1.54) is 13.0 Å². The number of carbonyl (C=O) groups is 1. The Morgan fingerprint density at radius 1 is 1.37 bits per heavy atom. The maximum absolute atomic E-state index is 14.1. The fourth-order valence-corrected chi connectivity index (χ4v) is 2.31. The zero-order valence-corrected chi connectivity index (χ0v) is 12.4. The van der Waals surface area contributed by atoms with Gasteiger partial charge in [0.1, 0.15) is 5.82 Å². The fourth-order valence-electron chi connectivity index (χ4n) is 2.31. The van der Waals surface area contributed by atoms with Crippen molar-refractivity contribution in [2.75, 3.05) is 32.1 Å². The van der Waals surface area contributed by atoms with Gasteiger partial charge in [-0.1, -0.05) is 0 Å². The number of likely N-dealkylation sites (N-methyl/N-ethyl adjacent to an activating group) is 2. The lowest BCUT2D eigenvalue weighted by Gasteiger charge is -2.32. The van der Waals surface area contributed by atoms with Crippen LogP contribution in [-0.4, -0.2) is 43.9 Å². The van der Waals surface area contributed by atoms with Crippen molar-refractivity contribution in [2.45, 2.75) is 26.8 Å². The highest BCUT2D eigenvalue weighted by Gasteiger charge is 2.17. The molecule has 1 rings (SSSR count). The molecule has 1 aromatic carbocycles. The smallest absolute Gasteiger partial charge is 0.159 e. The summed E-state index contributed by atoms with van der Waals surface area (Å²) in [6.07, 6.45) is 0. The van der Waals surface area contributed by atoms with Gasteiger partial charge in [-0.25, -0.2) is 4.39 Å². The van der Waals surface area contributed by atoms with Gasteiger partial charge in [0.25, 0.3) is 0 Å². The van der Waals surface area contributed by atoms with Gasteiger partial charge < -0.3 is 9.80 Å². The molecule has 0 heterocycles. The number of nitrogens with zero attached hydrogens (tertiary/aromatic N) is 2. The van der Waals surface area contributed by atoms with E-state index in [0.717, 1.165) is 13.1 Å². The van der Waals surface area contributed by atoms with Crippen LogP contribution in [0.15, 0.2) is 18.2 Å². The number of hydrogen-bond acceptors (Lipinski definition) is 3. The van der Waals surface area contributed by atoms with Gasteiger partial charge >= 0.3 is 0 Å². The maximum atomic E-state index is 14.1. The highest BCUT2D eigenvalue weighted by molar-refractivity contribution is 5.94. The molecule has 0 radical (unpaired) electrons. The van der Waals surface area contributed by atoms with Crippen molar-refractivity contribution in [3.8, 4) is 0 Å². The summed E-state index contributed by atoms with van der Waals surface area (Å²) in [6.45, 7) is 7.10. The molecule has 0 fully saturated rings. The molecule has 3 nitrogen and oxygen atoms in total.